The molecule has 1 fully saturated rings. The van der Waals surface area contributed by atoms with Crippen molar-refractivity contribution in [1.29, 1.82) is 0 Å². The van der Waals surface area contributed by atoms with Gasteiger partial charge in [0.05, 0.1) is 0 Å². The van der Waals surface area contributed by atoms with E-state index in [1.54, 1.807) is 6.20 Å². The van der Waals surface area contributed by atoms with E-state index in [0.29, 0.717) is 0 Å². The molecular formula is C10H15N3O. The van der Waals surface area contributed by atoms with Crippen molar-refractivity contribution >= 4 is 5.91 Å². The first kappa shape index (κ1) is 9.24. The first-order chi connectivity index (χ1) is 6.77. The van der Waals surface area contributed by atoms with E-state index in [1.165, 1.54) is 5.69 Å². The smallest absolute Gasteiger partial charge is 0.223 e. The standard InChI is InChI=1S/C10H15N3O/c1-13-9(5-7-12-13)3-2-8-4-6-11-10(8)14/h5,7-8H,2-4,6H2,1H3,(H,11,14). The van der Waals surface area contributed by atoms with Crippen LogP contribution in [0.2, 0.25) is 0 Å². The number of carbonyl (C=O) groups is 1. The second kappa shape index (κ2) is 3.82. The molecule has 2 rings (SSSR count). The minimum absolute atomic E-state index is 0.213. The van der Waals surface area contributed by atoms with Gasteiger partial charge < -0.3 is 5.32 Å². The number of rotatable bonds is 3. The van der Waals surface area contributed by atoms with Crippen LogP contribution in [0.15, 0.2) is 12.3 Å². The Hall–Kier alpha value is -1.32. The predicted molar refractivity (Wildman–Crippen MR) is 52.6 cm³/mol. The molecule has 1 unspecified atom stereocenters. The summed E-state index contributed by atoms with van der Waals surface area (Å²) in [4.78, 5) is 11.3. The van der Waals surface area contributed by atoms with Crippen molar-refractivity contribution in [3.63, 3.8) is 0 Å². The molecule has 0 saturated carbocycles. The van der Waals surface area contributed by atoms with Crippen molar-refractivity contribution in [1.82, 2.24) is 15.1 Å². The Morgan fingerprint density at radius 2 is 2.57 bits per heavy atom. The lowest BCUT2D eigenvalue weighted by atomic mass is 10.0. The van der Waals surface area contributed by atoms with E-state index in [1.807, 2.05) is 17.8 Å². The maximum absolute atomic E-state index is 11.3. The van der Waals surface area contributed by atoms with E-state index in [-0.39, 0.29) is 11.8 Å². The van der Waals surface area contributed by atoms with Gasteiger partial charge in [-0.3, -0.25) is 9.48 Å². The quantitative estimate of drug-likeness (QED) is 0.759. The number of aromatic nitrogens is 2. The van der Waals surface area contributed by atoms with E-state index < -0.39 is 0 Å². The number of nitrogens with one attached hydrogen (secondary N) is 1. The molecule has 1 amide bonds. The second-order valence-electron chi connectivity index (χ2n) is 3.76. The molecule has 1 N–H and O–H groups in total. The zero-order chi connectivity index (χ0) is 9.97. The van der Waals surface area contributed by atoms with Crippen molar-refractivity contribution in [2.24, 2.45) is 13.0 Å². The molecule has 0 spiro atoms. The molecule has 0 bridgehead atoms. The van der Waals surface area contributed by atoms with Gasteiger partial charge in [-0.15, -0.1) is 0 Å². The Bertz CT molecular complexity index is 332. The minimum atomic E-state index is 0.213. The summed E-state index contributed by atoms with van der Waals surface area (Å²) in [6, 6.07) is 2.01. The highest BCUT2D eigenvalue weighted by molar-refractivity contribution is 5.80. The molecule has 0 radical (unpaired) electrons. The Morgan fingerprint density at radius 1 is 1.71 bits per heavy atom. The second-order valence-corrected chi connectivity index (χ2v) is 3.76. The molecule has 1 aliphatic rings. The summed E-state index contributed by atoms with van der Waals surface area (Å²) in [7, 11) is 1.93. The van der Waals surface area contributed by atoms with E-state index in [9.17, 15) is 4.79 Å². The largest absolute Gasteiger partial charge is 0.356 e. The van der Waals surface area contributed by atoms with Gasteiger partial charge in [-0.25, -0.2) is 0 Å². The van der Waals surface area contributed by atoms with E-state index >= 15 is 0 Å². The summed E-state index contributed by atoms with van der Waals surface area (Å²) in [6.45, 7) is 0.842. The van der Waals surface area contributed by atoms with Crippen LogP contribution in [-0.2, 0) is 18.3 Å². The zero-order valence-electron chi connectivity index (χ0n) is 8.36. The molecule has 2 heterocycles. The molecule has 1 saturated heterocycles. The highest BCUT2D eigenvalue weighted by Crippen LogP contribution is 2.16. The van der Waals surface area contributed by atoms with Crippen LogP contribution >= 0.6 is 0 Å². The Morgan fingerprint density at radius 3 is 3.14 bits per heavy atom. The van der Waals surface area contributed by atoms with Crippen LogP contribution in [0.3, 0.4) is 0 Å². The van der Waals surface area contributed by atoms with Crippen LogP contribution in [-0.4, -0.2) is 22.2 Å². The monoisotopic (exact) mass is 193 g/mol. The fourth-order valence-corrected chi connectivity index (χ4v) is 1.89. The molecule has 1 aromatic rings. The maximum Gasteiger partial charge on any atom is 0.223 e. The number of hydrogen-bond acceptors (Lipinski definition) is 2. The minimum Gasteiger partial charge on any atom is -0.356 e. The average Bonchev–Trinajstić information content (AvgIpc) is 2.72. The van der Waals surface area contributed by atoms with Gasteiger partial charge in [0.1, 0.15) is 0 Å². The highest BCUT2D eigenvalue weighted by atomic mass is 16.2. The summed E-state index contributed by atoms with van der Waals surface area (Å²) >= 11 is 0. The molecule has 4 nitrogen and oxygen atoms in total. The van der Waals surface area contributed by atoms with Crippen molar-refractivity contribution in [3.8, 4) is 0 Å². The molecule has 1 aliphatic heterocycles. The number of hydrogen-bond donors (Lipinski definition) is 1. The lowest BCUT2D eigenvalue weighted by Crippen LogP contribution is -2.19. The van der Waals surface area contributed by atoms with Crippen molar-refractivity contribution in [3.05, 3.63) is 18.0 Å². The van der Waals surface area contributed by atoms with Crippen LogP contribution in [0, 0.1) is 5.92 Å². The van der Waals surface area contributed by atoms with Crippen LogP contribution in [0.1, 0.15) is 18.5 Å². The first-order valence-corrected chi connectivity index (χ1v) is 5.02. The zero-order valence-corrected chi connectivity index (χ0v) is 8.36. The summed E-state index contributed by atoms with van der Waals surface area (Å²) in [6.07, 6.45) is 4.65. The SMILES string of the molecule is Cn1nccc1CCC1CCNC1=O. The number of carbonyl (C=O) groups excluding carboxylic acids is 1. The van der Waals surface area contributed by atoms with Crippen molar-refractivity contribution < 1.29 is 4.79 Å². The van der Waals surface area contributed by atoms with Crippen molar-refractivity contribution in [2.75, 3.05) is 6.54 Å². The average molecular weight is 193 g/mol. The number of nitrogens with zero attached hydrogens (tertiary/aromatic N) is 2. The molecule has 76 valence electrons. The van der Waals surface area contributed by atoms with Gasteiger partial charge in [-0.05, 0) is 25.3 Å². The molecule has 0 aliphatic carbocycles. The van der Waals surface area contributed by atoms with E-state index in [4.69, 9.17) is 0 Å². The third kappa shape index (κ3) is 1.78. The fraction of sp³-hybridized carbons (Fsp3) is 0.600. The summed E-state index contributed by atoms with van der Waals surface area (Å²) in [5.41, 5.74) is 1.20. The number of amides is 1. The normalized spacial score (nSPS) is 21.2. The van der Waals surface area contributed by atoms with Crippen LogP contribution in [0.4, 0.5) is 0 Å². The van der Waals surface area contributed by atoms with Crippen LogP contribution < -0.4 is 5.32 Å². The van der Waals surface area contributed by atoms with Gasteiger partial charge in [-0.2, -0.15) is 5.10 Å². The van der Waals surface area contributed by atoms with Crippen LogP contribution in [0.5, 0.6) is 0 Å². The maximum atomic E-state index is 11.3. The highest BCUT2D eigenvalue weighted by Gasteiger charge is 2.23. The lowest BCUT2D eigenvalue weighted by Gasteiger charge is -2.06. The molecule has 1 aromatic heterocycles. The molecular weight excluding hydrogens is 178 g/mol. The third-order valence-corrected chi connectivity index (χ3v) is 2.83. The van der Waals surface area contributed by atoms with Gasteiger partial charge in [0, 0.05) is 31.4 Å². The molecule has 14 heavy (non-hydrogen) atoms. The van der Waals surface area contributed by atoms with Gasteiger partial charge in [0.2, 0.25) is 5.91 Å². The van der Waals surface area contributed by atoms with E-state index in [0.717, 1.165) is 25.8 Å². The Kier molecular flexibility index (Phi) is 2.52. The molecule has 4 heteroatoms. The van der Waals surface area contributed by atoms with Crippen LogP contribution in [0.25, 0.3) is 0 Å². The predicted octanol–water partition coefficient (Wildman–Crippen LogP) is 0.489. The first-order valence-electron chi connectivity index (χ1n) is 5.02. The fourth-order valence-electron chi connectivity index (χ4n) is 1.89. The Labute approximate surface area is 83.3 Å². The Balaban J connectivity index is 1.88. The van der Waals surface area contributed by atoms with Gasteiger partial charge in [-0.1, -0.05) is 0 Å². The summed E-state index contributed by atoms with van der Waals surface area (Å²) < 4.78 is 1.87. The van der Waals surface area contributed by atoms with E-state index in [2.05, 4.69) is 10.4 Å². The molecule has 0 aromatic carbocycles. The third-order valence-electron chi connectivity index (χ3n) is 2.83. The topological polar surface area (TPSA) is 46.9 Å². The number of aryl methyl sites for hydroxylation is 2. The van der Waals surface area contributed by atoms with Gasteiger partial charge >= 0.3 is 0 Å². The van der Waals surface area contributed by atoms with Crippen molar-refractivity contribution in [2.45, 2.75) is 19.3 Å². The van der Waals surface area contributed by atoms with Gasteiger partial charge in [0.25, 0.3) is 0 Å². The molecule has 1 atom stereocenters. The summed E-state index contributed by atoms with van der Waals surface area (Å²) in [5, 5.41) is 6.95. The van der Waals surface area contributed by atoms with Gasteiger partial charge in [0.15, 0.2) is 0 Å². The summed E-state index contributed by atoms with van der Waals surface area (Å²) in [5.74, 6) is 0.428. The lowest BCUT2D eigenvalue weighted by molar-refractivity contribution is -0.122.